The molecule has 6 nitrogen and oxygen atoms in total. The first-order valence-corrected chi connectivity index (χ1v) is 10.0. The lowest BCUT2D eigenvalue weighted by Crippen LogP contribution is -2.00. The van der Waals surface area contributed by atoms with Gasteiger partial charge in [-0.2, -0.15) is 10.2 Å². The van der Waals surface area contributed by atoms with E-state index < -0.39 is 0 Å². The lowest BCUT2D eigenvalue weighted by Gasteiger charge is -2.12. The molecule has 0 amide bonds. The molecule has 2 heterocycles. The number of nitriles is 1. The molecule has 0 saturated heterocycles. The summed E-state index contributed by atoms with van der Waals surface area (Å²) >= 11 is 1.51. The van der Waals surface area contributed by atoms with Gasteiger partial charge < -0.3 is 14.0 Å². The number of rotatable bonds is 9. The van der Waals surface area contributed by atoms with Gasteiger partial charge in [-0.1, -0.05) is 30.6 Å². The van der Waals surface area contributed by atoms with Crippen LogP contribution in [0, 0.1) is 11.3 Å². The van der Waals surface area contributed by atoms with Crippen molar-refractivity contribution in [2.45, 2.75) is 26.7 Å². The number of nitrogens with zero attached hydrogens (tertiary/aromatic N) is 3. The Morgan fingerprint density at radius 2 is 2.14 bits per heavy atom. The molecular weight excluding hydrogens is 374 g/mol. The standard InChI is InChI=1S/C21H21N3O3S/c1-3-5-10-26-17-9-8-15(13-18(17)25-4-2)12-16(14-22)21-23-20(24-27-21)19-7-6-11-28-19/h6-9,11-13H,3-5,10H2,1-2H3/b16-12+. The minimum Gasteiger partial charge on any atom is -0.490 e. The van der Waals surface area contributed by atoms with Gasteiger partial charge in [0.1, 0.15) is 11.6 Å². The van der Waals surface area contributed by atoms with E-state index in [4.69, 9.17) is 14.0 Å². The van der Waals surface area contributed by atoms with Crippen LogP contribution < -0.4 is 9.47 Å². The molecule has 144 valence electrons. The maximum Gasteiger partial charge on any atom is 0.268 e. The van der Waals surface area contributed by atoms with Crippen molar-refractivity contribution in [1.82, 2.24) is 10.1 Å². The molecule has 0 bridgehead atoms. The molecule has 0 unspecified atom stereocenters. The Morgan fingerprint density at radius 1 is 1.25 bits per heavy atom. The molecule has 2 aromatic heterocycles. The van der Waals surface area contributed by atoms with Crippen molar-refractivity contribution < 1.29 is 14.0 Å². The van der Waals surface area contributed by atoms with Gasteiger partial charge in [-0.25, -0.2) is 0 Å². The zero-order valence-electron chi connectivity index (χ0n) is 15.8. The fourth-order valence-corrected chi connectivity index (χ4v) is 3.12. The number of hydrogen-bond acceptors (Lipinski definition) is 7. The van der Waals surface area contributed by atoms with Crippen molar-refractivity contribution in [3.63, 3.8) is 0 Å². The Morgan fingerprint density at radius 3 is 2.86 bits per heavy atom. The monoisotopic (exact) mass is 395 g/mol. The van der Waals surface area contributed by atoms with Crippen LogP contribution in [0.3, 0.4) is 0 Å². The molecule has 0 fully saturated rings. The average molecular weight is 395 g/mol. The zero-order valence-corrected chi connectivity index (χ0v) is 16.7. The third kappa shape index (κ3) is 4.78. The van der Waals surface area contributed by atoms with E-state index in [0.29, 0.717) is 30.5 Å². The van der Waals surface area contributed by atoms with Gasteiger partial charge in [0.15, 0.2) is 11.5 Å². The molecule has 0 aliphatic carbocycles. The molecule has 0 aliphatic heterocycles. The van der Waals surface area contributed by atoms with Crippen molar-refractivity contribution in [1.29, 1.82) is 5.26 Å². The predicted octanol–water partition coefficient (Wildman–Crippen LogP) is 5.44. The predicted molar refractivity (Wildman–Crippen MR) is 109 cm³/mol. The smallest absolute Gasteiger partial charge is 0.268 e. The highest BCUT2D eigenvalue weighted by molar-refractivity contribution is 7.13. The van der Waals surface area contributed by atoms with E-state index in [1.165, 1.54) is 11.3 Å². The van der Waals surface area contributed by atoms with Crippen LogP contribution in [0.4, 0.5) is 0 Å². The normalized spacial score (nSPS) is 11.2. The minimum absolute atomic E-state index is 0.187. The second-order valence-corrected chi connectivity index (χ2v) is 6.86. The van der Waals surface area contributed by atoms with Crippen molar-refractivity contribution >= 4 is 23.0 Å². The maximum absolute atomic E-state index is 9.55. The maximum atomic E-state index is 9.55. The van der Waals surface area contributed by atoms with Crippen LogP contribution in [0.25, 0.3) is 22.4 Å². The highest BCUT2D eigenvalue weighted by Gasteiger charge is 2.14. The molecule has 0 aliphatic rings. The number of allylic oxidation sites excluding steroid dienone is 1. The van der Waals surface area contributed by atoms with Gasteiger partial charge in [0.05, 0.1) is 18.1 Å². The first-order chi connectivity index (χ1) is 13.7. The van der Waals surface area contributed by atoms with Crippen molar-refractivity contribution in [2.24, 2.45) is 0 Å². The second kappa shape index (κ2) is 9.72. The van der Waals surface area contributed by atoms with Gasteiger partial charge in [0, 0.05) is 0 Å². The van der Waals surface area contributed by atoms with Crippen LogP contribution in [0.1, 0.15) is 38.1 Å². The Balaban J connectivity index is 1.85. The fraction of sp³-hybridized carbons (Fsp3) is 0.286. The molecule has 0 spiro atoms. The van der Waals surface area contributed by atoms with Crippen LogP contribution in [-0.4, -0.2) is 23.4 Å². The third-order valence-electron chi connectivity index (χ3n) is 3.85. The number of benzene rings is 1. The van der Waals surface area contributed by atoms with Crippen molar-refractivity contribution in [3.05, 3.63) is 47.2 Å². The van der Waals surface area contributed by atoms with Gasteiger partial charge in [-0.15, -0.1) is 11.3 Å². The van der Waals surface area contributed by atoms with Crippen LogP contribution in [0.2, 0.25) is 0 Å². The first kappa shape index (κ1) is 19.6. The quantitative estimate of drug-likeness (QED) is 0.354. The Bertz CT molecular complexity index is 971. The molecule has 28 heavy (non-hydrogen) atoms. The molecule has 3 rings (SSSR count). The summed E-state index contributed by atoms with van der Waals surface area (Å²) < 4.78 is 16.8. The van der Waals surface area contributed by atoms with E-state index >= 15 is 0 Å². The summed E-state index contributed by atoms with van der Waals surface area (Å²) in [7, 11) is 0. The van der Waals surface area contributed by atoms with E-state index in [0.717, 1.165) is 23.3 Å². The van der Waals surface area contributed by atoms with Crippen molar-refractivity contribution in [2.75, 3.05) is 13.2 Å². The number of ether oxygens (including phenoxy) is 2. The summed E-state index contributed by atoms with van der Waals surface area (Å²) in [6.45, 7) is 5.20. The summed E-state index contributed by atoms with van der Waals surface area (Å²) in [6.07, 6.45) is 3.74. The van der Waals surface area contributed by atoms with Crippen molar-refractivity contribution in [3.8, 4) is 28.3 Å². The molecule has 0 atom stereocenters. The van der Waals surface area contributed by atoms with Gasteiger partial charge in [0.25, 0.3) is 5.89 Å². The molecule has 1 aromatic carbocycles. The number of aromatic nitrogens is 2. The van der Waals surface area contributed by atoms with E-state index in [-0.39, 0.29) is 11.5 Å². The van der Waals surface area contributed by atoms with E-state index in [2.05, 4.69) is 23.1 Å². The van der Waals surface area contributed by atoms with Crippen LogP contribution >= 0.6 is 11.3 Å². The second-order valence-electron chi connectivity index (χ2n) is 5.91. The van der Waals surface area contributed by atoms with Crippen LogP contribution in [0.5, 0.6) is 11.5 Å². The largest absolute Gasteiger partial charge is 0.490 e. The molecular formula is C21H21N3O3S. The molecule has 0 radical (unpaired) electrons. The first-order valence-electron chi connectivity index (χ1n) is 9.14. The van der Waals surface area contributed by atoms with Gasteiger partial charge >= 0.3 is 0 Å². The fourth-order valence-electron chi connectivity index (χ4n) is 2.48. The van der Waals surface area contributed by atoms with Gasteiger partial charge in [-0.3, -0.25) is 0 Å². The van der Waals surface area contributed by atoms with Crippen LogP contribution in [-0.2, 0) is 0 Å². The SMILES string of the molecule is CCCCOc1ccc(/C=C(\C#N)c2nc(-c3cccs3)no2)cc1OCC. The van der Waals surface area contributed by atoms with E-state index in [9.17, 15) is 5.26 Å². The minimum atomic E-state index is 0.187. The molecule has 0 N–H and O–H groups in total. The lowest BCUT2D eigenvalue weighted by molar-refractivity contribution is 0.272. The Hall–Kier alpha value is -3.11. The van der Waals surface area contributed by atoms with Gasteiger partial charge in [-0.05, 0) is 48.6 Å². The topological polar surface area (TPSA) is 81.2 Å². The molecule has 0 saturated carbocycles. The Labute approximate surface area is 168 Å². The lowest BCUT2D eigenvalue weighted by atomic mass is 10.1. The Kier molecular flexibility index (Phi) is 6.82. The summed E-state index contributed by atoms with van der Waals surface area (Å²) in [5.74, 6) is 2.01. The zero-order chi connectivity index (χ0) is 19.8. The third-order valence-corrected chi connectivity index (χ3v) is 4.72. The number of thiophene rings is 1. The summed E-state index contributed by atoms with van der Waals surface area (Å²) in [4.78, 5) is 5.22. The number of unbranched alkanes of at least 4 members (excludes halogenated alkanes) is 1. The summed E-state index contributed by atoms with van der Waals surface area (Å²) in [5.41, 5.74) is 1.08. The average Bonchev–Trinajstić information content (AvgIpc) is 3.39. The van der Waals surface area contributed by atoms with E-state index in [1.807, 2.05) is 42.6 Å². The molecule has 3 aromatic rings. The molecule has 7 heteroatoms. The van der Waals surface area contributed by atoms with E-state index in [1.54, 1.807) is 6.08 Å². The summed E-state index contributed by atoms with van der Waals surface area (Å²) in [5, 5.41) is 15.4. The number of hydrogen-bond donors (Lipinski definition) is 0. The summed E-state index contributed by atoms with van der Waals surface area (Å²) in [6, 6.07) is 11.5. The highest BCUT2D eigenvalue weighted by atomic mass is 32.1. The highest BCUT2D eigenvalue weighted by Crippen LogP contribution is 2.31. The van der Waals surface area contributed by atoms with Crippen LogP contribution in [0.15, 0.2) is 40.2 Å². The van der Waals surface area contributed by atoms with Gasteiger partial charge in [0.2, 0.25) is 5.82 Å².